The van der Waals surface area contributed by atoms with E-state index in [1.54, 1.807) is 21.6 Å². The van der Waals surface area contributed by atoms with Gasteiger partial charge in [-0.2, -0.15) is 5.10 Å². The fourth-order valence-corrected chi connectivity index (χ4v) is 4.62. The van der Waals surface area contributed by atoms with Gasteiger partial charge in [0.1, 0.15) is 5.69 Å². The maximum atomic E-state index is 13.0. The molecule has 9 nitrogen and oxygen atoms in total. The summed E-state index contributed by atoms with van der Waals surface area (Å²) in [5.41, 5.74) is 3.31. The number of hydrogen-bond donors (Lipinski definition) is 0. The molecule has 0 saturated carbocycles. The van der Waals surface area contributed by atoms with E-state index >= 15 is 0 Å². The highest BCUT2D eigenvalue weighted by atomic mass is 16.2. The molecule has 1 fully saturated rings. The predicted octanol–water partition coefficient (Wildman–Crippen LogP) is 2.00. The molecule has 3 aromatic rings. The minimum Gasteiger partial charge on any atom is -0.333 e. The minimum atomic E-state index is -0.102. The molecule has 0 aliphatic carbocycles. The number of rotatable bonds is 5. The van der Waals surface area contributed by atoms with Crippen LogP contribution in [0.15, 0.2) is 42.7 Å². The molecule has 0 radical (unpaired) electrons. The van der Waals surface area contributed by atoms with Gasteiger partial charge < -0.3 is 9.80 Å². The Labute approximate surface area is 186 Å². The fraction of sp³-hybridized carbons (Fsp3) is 0.435. The second-order valence-electron chi connectivity index (χ2n) is 8.42. The molecule has 1 aromatic carbocycles. The van der Waals surface area contributed by atoms with Crippen molar-refractivity contribution in [1.29, 1.82) is 0 Å². The lowest BCUT2D eigenvalue weighted by Gasteiger charge is -2.28. The Bertz CT molecular complexity index is 1130. The first kappa shape index (κ1) is 20.4. The van der Waals surface area contributed by atoms with Crippen LogP contribution in [0.1, 0.15) is 51.9 Å². The van der Waals surface area contributed by atoms with Crippen LogP contribution < -0.4 is 0 Å². The van der Waals surface area contributed by atoms with Gasteiger partial charge in [0.2, 0.25) is 0 Å². The molecule has 2 aromatic heterocycles. The number of amides is 2. The van der Waals surface area contributed by atoms with Crippen LogP contribution >= 0.6 is 0 Å². The maximum Gasteiger partial charge on any atom is 0.276 e. The van der Waals surface area contributed by atoms with Crippen molar-refractivity contribution in [3.05, 3.63) is 65.2 Å². The number of nitrogens with zero attached hydrogens (tertiary/aromatic N) is 7. The van der Waals surface area contributed by atoms with Crippen molar-refractivity contribution in [2.45, 2.75) is 51.9 Å². The summed E-state index contributed by atoms with van der Waals surface area (Å²) in [7, 11) is 0. The lowest BCUT2D eigenvalue weighted by atomic mass is 10.00. The van der Waals surface area contributed by atoms with E-state index in [4.69, 9.17) is 0 Å². The molecular weight excluding hydrogens is 406 g/mol. The highest BCUT2D eigenvalue weighted by Gasteiger charge is 2.31. The number of carbonyl (C=O) groups excluding carboxylic acids is 2. The Morgan fingerprint density at radius 2 is 1.88 bits per heavy atom. The van der Waals surface area contributed by atoms with Crippen molar-refractivity contribution >= 4 is 11.8 Å². The Morgan fingerprint density at radius 1 is 1.03 bits per heavy atom. The van der Waals surface area contributed by atoms with Gasteiger partial charge in [0, 0.05) is 32.4 Å². The van der Waals surface area contributed by atoms with Crippen molar-refractivity contribution in [3.8, 4) is 0 Å². The predicted molar refractivity (Wildman–Crippen MR) is 117 cm³/mol. The third kappa shape index (κ3) is 3.90. The van der Waals surface area contributed by atoms with Gasteiger partial charge in [-0.3, -0.25) is 14.3 Å². The van der Waals surface area contributed by atoms with Gasteiger partial charge in [-0.1, -0.05) is 29.5 Å². The maximum absolute atomic E-state index is 13.0. The number of carbonyl (C=O) groups is 2. The molecule has 9 heteroatoms. The molecule has 0 spiro atoms. The zero-order valence-corrected chi connectivity index (χ0v) is 18.2. The second-order valence-corrected chi connectivity index (χ2v) is 8.42. The summed E-state index contributed by atoms with van der Waals surface area (Å²) in [4.78, 5) is 29.6. The van der Waals surface area contributed by atoms with E-state index in [2.05, 4.69) is 27.5 Å². The lowest BCUT2D eigenvalue weighted by Crippen LogP contribution is -2.38. The molecule has 2 aliphatic rings. The summed E-state index contributed by atoms with van der Waals surface area (Å²) < 4.78 is 3.44. The van der Waals surface area contributed by atoms with Gasteiger partial charge in [0.05, 0.1) is 18.8 Å². The van der Waals surface area contributed by atoms with Crippen LogP contribution in [0.3, 0.4) is 0 Å². The van der Waals surface area contributed by atoms with Gasteiger partial charge in [-0.05, 0) is 43.4 Å². The Hall–Kier alpha value is -3.49. The van der Waals surface area contributed by atoms with E-state index in [9.17, 15) is 9.59 Å². The zero-order chi connectivity index (χ0) is 22.1. The van der Waals surface area contributed by atoms with E-state index in [1.165, 1.54) is 11.1 Å². The fourth-order valence-electron chi connectivity index (χ4n) is 4.62. The van der Waals surface area contributed by atoms with Crippen LogP contribution in [0.5, 0.6) is 0 Å². The van der Waals surface area contributed by atoms with Crippen LogP contribution in [-0.2, 0) is 26.1 Å². The summed E-state index contributed by atoms with van der Waals surface area (Å²) in [5, 5.41) is 12.7. The zero-order valence-electron chi connectivity index (χ0n) is 18.2. The first-order chi connectivity index (χ1) is 15.6. The van der Waals surface area contributed by atoms with E-state index in [0.717, 1.165) is 25.8 Å². The molecular formula is C23H27N7O2. The summed E-state index contributed by atoms with van der Waals surface area (Å²) in [6, 6.07) is 10.0. The van der Waals surface area contributed by atoms with E-state index in [1.807, 2.05) is 35.1 Å². The number of fused-ring (bicyclic) bond motifs is 1. The SMILES string of the molecule is CCn1ccc(C(=O)N2CCCC2Cn2cc(C(=O)N3CCc4ccccc4C3)nn2)n1. The third-order valence-corrected chi connectivity index (χ3v) is 6.40. The first-order valence-electron chi connectivity index (χ1n) is 11.2. The van der Waals surface area contributed by atoms with Crippen molar-refractivity contribution in [2.24, 2.45) is 0 Å². The smallest absolute Gasteiger partial charge is 0.276 e. The molecule has 0 bridgehead atoms. The highest BCUT2D eigenvalue weighted by molar-refractivity contribution is 5.93. The number of aromatic nitrogens is 5. The van der Waals surface area contributed by atoms with E-state index in [-0.39, 0.29) is 17.9 Å². The monoisotopic (exact) mass is 433 g/mol. The first-order valence-corrected chi connectivity index (χ1v) is 11.2. The van der Waals surface area contributed by atoms with Crippen LogP contribution in [0.4, 0.5) is 0 Å². The van der Waals surface area contributed by atoms with Crippen LogP contribution in [0.25, 0.3) is 0 Å². The topological polar surface area (TPSA) is 89.2 Å². The molecule has 1 unspecified atom stereocenters. The normalized spacial score (nSPS) is 18.1. The second kappa shape index (κ2) is 8.57. The minimum absolute atomic E-state index is 0.0146. The molecule has 166 valence electrons. The molecule has 1 saturated heterocycles. The lowest BCUT2D eigenvalue weighted by molar-refractivity contribution is 0.0709. The molecule has 4 heterocycles. The Morgan fingerprint density at radius 3 is 2.69 bits per heavy atom. The van der Waals surface area contributed by atoms with Crippen molar-refractivity contribution < 1.29 is 9.59 Å². The van der Waals surface area contributed by atoms with Crippen molar-refractivity contribution in [1.82, 2.24) is 34.6 Å². The summed E-state index contributed by atoms with van der Waals surface area (Å²) >= 11 is 0. The molecule has 2 aliphatic heterocycles. The van der Waals surface area contributed by atoms with Gasteiger partial charge in [-0.25, -0.2) is 4.68 Å². The molecule has 2 amide bonds. The largest absolute Gasteiger partial charge is 0.333 e. The number of likely N-dealkylation sites (tertiary alicyclic amines) is 1. The molecule has 32 heavy (non-hydrogen) atoms. The van der Waals surface area contributed by atoms with Gasteiger partial charge in [0.15, 0.2) is 5.69 Å². The third-order valence-electron chi connectivity index (χ3n) is 6.40. The quantitative estimate of drug-likeness (QED) is 0.614. The number of aryl methyl sites for hydroxylation is 1. The van der Waals surface area contributed by atoms with Gasteiger partial charge in [0.25, 0.3) is 11.8 Å². The molecule has 5 rings (SSSR count). The van der Waals surface area contributed by atoms with Crippen molar-refractivity contribution in [2.75, 3.05) is 13.1 Å². The van der Waals surface area contributed by atoms with Crippen LogP contribution in [0, 0.1) is 0 Å². The summed E-state index contributed by atoms with van der Waals surface area (Å²) in [5.74, 6) is -0.154. The summed E-state index contributed by atoms with van der Waals surface area (Å²) in [6.07, 6.45) is 6.22. The molecule has 0 N–H and O–H groups in total. The average Bonchev–Trinajstić information content (AvgIpc) is 3.59. The highest BCUT2D eigenvalue weighted by Crippen LogP contribution is 2.22. The Kier molecular flexibility index (Phi) is 5.46. The van der Waals surface area contributed by atoms with E-state index in [0.29, 0.717) is 37.6 Å². The van der Waals surface area contributed by atoms with Crippen molar-refractivity contribution in [3.63, 3.8) is 0 Å². The number of hydrogen-bond acceptors (Lipinski definition) is 5. The van der Waals surface area contributed by atoms with Gasteiger partial charge in [-0.15, -0.1) is 5.10 Å². The summed E-state index contributed by atoms with van der Waals surface area (Å²) in [6.45, 7) is 5.22. The van der Waals surface area contributed by atoms with Crippen LogP contribution in [0.2, 0.25) is 0 Å². The average molecular weight is 434 g/mol. The standard InChI is InChI=1S/C23H27N7O2/c1-2-28-13-10-20(25-28)23(32)30-11-5-8-19(30)15-29-16-21(24-26-29)22(31)27-12-9-17-6-3-4-7-18(17)14-27/h3-4,6-7,10,13,16,19H,2,5,8-9,11-12,14-15H2,1H3. The van der Waals surface area contributed by atoms with Crippen LogP contribution in [-0.4, -0.2) is 65.5 Å². The van der Waals surface area contributed by atoms with Gasteiger partial charge >= 0.3 is 0 Å². The number of benzene rings is 1. The Balaban J connectivity index is 1.25. The molecule has 1 atom stereocenters. The van der Waals surface area contributed by atoms with E-state index < -0.39 is 0 Å².